The third kappa shape index (κ3) is 8.65. The molecule has 3 aromatic carbocycles. The highest BCUT2D eigenvalue weighted by atomic mass is 32.2. The van der Waals surface area contributed by atoms with Crippen LogP contribution in [0.5, 0.6) is 0 Å². The van der Waals surface area contributed by atoms with E-state index in [1.54, 1.807) is 92.7 Å². The van der Waals surface area contributed by atoms with Crippen LogP contribution in [0.3, 0.4) is 0 Å². The molecule has 0 aliphatic rings. The molecule has 0 radical (unpaired) electrons. The summed E-state index contributed by atoms with van der Waals surface area (Å²) < 4.78 is 0. The molecule has 0 aliphatic carbocycles. The van der Waals surface area contributed by atoms with Crippen molar-refractivity contribution in [3.63, 3.8) is 0 Å². The lowest BCUT2D eigenvalue weighted by Gasteiger charge is -2.14. The van der Waals surface area contributed by atoms with Gasteiger partial charge in [-0.2, -0.15) is 16.6 Å². The predicted octanol–water partition coefficient (Wildman–Crippen LogP) is 7.77. The van der Waals surface area contributed by atoms with E-state index in [2.05, 4.69) is 27.3 Å². The van der Waals surface area contributed by atoms with Gasteiger partial charge in [-0.1, -0.05) is 42.5 Å². The summed E-state index contributed by atoms with van der Waals surface area (Å²) in [5, 5.41) is 24.4. The number of amides is 4. The SMILES string of the molecule is Cc1c(C(=O)Nc2ccccc2)sc(NC(=O)C(C)Sc2cccc(NC(=O)/C(=C/c3ccsc3)NC(=O)c3ccccc3)c2)c1C#N. The van der Waals surface area contributed by atoms with Crippen molar-refractivity contribution in [3.05, 3.63) is 135 Å². The molecule has 5 rings (SSSR count). The number of hydrogen-bond acceptors (Lipinski definition) is 8. The molecule has 0 fully saturated rings. The molecular weight excluding hydrogens is 663 g/mol. The van der Waals surface area contributed by atoms with Gasteiger partial charge in [-0.05, 0) is 90.3 Å². The Labute approximate surface area is 289 Å². The van der Waals surface area contributed by atoms with Crippen molar-refractivity contribution in [1.29, 1.82) is 5.26 Å². The Morgan fingerprint density at radius 3 is 2.25 bits per heavy atom. The molecular formula is C36H29N5O4S3. The van der Waals surface area contributed by atoms with E-state index in [1.165, 1.54) is 23.1 Å². The molecule has 0 saturated heterocycles. The van der Waals surface area contributed by atoms with E-state index in [4.69, 9.17) is 0 Å². The minimum Gasteiger partial charge on any atom is -0.321 e. The summed E-state index contributed by atoms with van der Waals surface area (Å²) in [5.41, 5.74) is 3.07. The molecule has 4 N–H and O–H groups in total. The molecule has 2 heterocycles. The first-order chi connectivity index (χ1) is 23.2. The van der Waals surface area contributed by atoms with E-state index in [0.29, 0.717) is 37.3 Å². The highest BCUT2D eigenvalue weighted by Gasteiger charge is 2.24. The van der Waals surface area contributed by atoms with Crippen LogP contribution < -0.4 is 21.3 Å². The van der Waals surface area contributed by atoms with Gasteiger partial charge in [0.15, 0.2) is 0 Å². The Bertz CT molecular complexity index is 2020. The van der Waals surface area contributed by atoms with Crippen molar-refractivity contribution >= 4 is 80.5 Å². The largest absolute Gasteiger partial charge is 0.321 e. The normalized spacial score (nSPS) is 11.6. The Hall–Kier alpha value is -5.48. The Kier molecular flexibility index (Phi) is 11.2. The van der Waals surface area contributed by atoms with Crippen molar-refractivity contribution in [2.75, 3.05) is 16.0 Å². The van der Waals surface area contributed by atoms with Gasteiger partial charge in [0, 0.05) is 21.8 Å². The van der Waals surface area contributed by atoms with Crippen LogP contribution in [-0.2, 0) is 9.59 Å². The maximum atomic E-state index is 13.4. The van der Waals surface area contributed by atoms with Gasteiger partial charge in [0.25, 0.3) is 17.7 Å². The average Bonchev–Trinajstić information content (AvgIpc) is 3.72. The fourth-order valence-corrected chi connectivity index (χ4v) is 7.04. The molecule has 12 heteroatoms. The van der Waals surface area contributed by atoms with Crippen molar-refractivity contribution < 1.29 is 19.2 Å². The maximum absolute atomic E-state index is 13.4. The van der Waals surface area contributed by atoms with Crippen LogP contribution in [0, 0.1) is 18.3 Å². The zero-order valence-corrected chi connectivity index (χ0v) is 28.2. The van der Waals surface area contributed by atoms with E-state index >= 15 is 0 Å². The summed E-state index contributed by atoms with van der Waals surface area (Å²) in [6.45, 7) is 3.40. The van der Waals surface area contributed by atoms with Gasteiger partial charge in [0.1, 0.15) is 16.8 Å². The van der Waals surface area contributed by atoms with Crippen LogP contribution in [0.25, 0.3) is 6.08 Å². The van der Waals surface area contributed by atoms with Gasteiger partial charge in [-0.15, -0.1) is 23.1 Å². The van der Waals surface area contributed by atoms with Gasteiger partial charge in [0.05, 0.1) is 15.7 Å². The van der Waals surface area contributed by atoms with E-state index in [-0.39, 0.29) is 23.1 Å². The second-order valence-corrected chi connectivity index (χ2v) is 13.6. The van der Waals surface area contributed by atoms with Gasteiger partial charge in [0.2, 0.25) is 5.91 Å². The number of para-hydroxylation sites is 1. The van der Waals surface area contributed by atoms with Crippen molar-refractivity contribution in [3.8, 4) is 6.07 Å². The lowest BCUT2D eigenvalue weighted by atomic mass is 10.1. The summed E-state index contributed by atoms with van der Waals surface area (Å²) in [4.78, 5) is 53.5. The monoisotopic (exact) mass is 691 g/mol. The number of hydrogen-bond donors (Lipinski definition) is 4. The first-order valence-electron chi connectivity index (χ1n) is 14.6. The number of thiophene rings is 2. The van der Waals surface area contributed by atoms with Crippen molar-refractivity contribution in [2.24, 2.45) is 0 Å². The van der Waals surface area contributed by atoms with Crippen LogP contribution in [-0.4, -0.2) is 28.9 Å². The third-order valence-corrected chi connectivity index (χ3v) is 9.89. The molecule has 4 amide bonds. The van der Waals surface area contributed by atoms with Gasteiger partial charge in [-0.25, -0.2) is 0 Å². The first-order valence-corrected chi connectivity index (χ1v) is 17.2. The summed E-state index contributed by atoms with van der Waals surface area (Å²) >= 11 is 3.78. The topological polar surface area (TPSA) is 140 Å². The third-order valence-electron chi connectivity index (χ3n) is 6.89. The summed E-state index contributed by atoms with van der Waals surface area (Å²) in [5.74, 6) is -1.65. The zero-order chi connectivity index (χ0) is 34.0. The molecule has 240 valence electrons. The summed E-state index contributed by atoms with van der Waals surface area (Å²) in [6, 6.07) is 28.5. The standard InChI is InChI=1S/C36H29N5O4S3/c1-22-29(20-37)36(48-31(22)35(45)38-26-12-7-4-8-13-26)41-32(42)23(2)47-28-15-9-14-27(19-28)39-34(44)30(18-24-16-17-46-21-24)40-33(43)25-10-5-3-6-11-25/h3-19,21,23H,1-2H3,(H,38,45)(H,39,44)(H,40,43)(H,41,42)/b30-18-. The number of carbonyl (C=O) groups is 4. The van der Waals surface area contributed by atoms with Gasteiger partial charge < -0.3 is 21.3 Å². The number of thioether (sulfide) groups is 1. The fraction of sp³-hybridized carbons (Fsp3) is 0.0833. The average molecular weight is 692 g/mol. The molecule has 0 saturated carbocycles. The quantitative estimate of drug-likeness (QED) is 0.0824. The second kappa shape index (κ2) is 15.9. The highest BCUT2D eigenvalue weighted by molar-refractivity contribution is 8.00. The van der Waals surface area contributed by atoms with Crippen molar-refractivity contribution in [2.45, 2.75) is 24.0 Å². The minimum absolute atomic E-state index is 0.0735. The van der Waals surface area contributed by atoms with Crippen molar-refractivity contribution in [1.82, 2.24) is 5.32 Å². The molecule has 0 bridgehead atoms. The molecule has 0 aliphatic heterocycles. The Morgan fingerprint density at radius 1 is 0.854 bits per heavy atom. The van der Waals surface area contributed by atoms with Crippen LogP contribution >= 0.6 is 34.4 Å². The molecule has 5 aromatic rings. The molecule has 2 aromatic heterocycles. The molecule has 9 nitrogen and oxygen atoms in total. The fourth-order valence-electron chi connectivity index (χ4n) is 4.45. The highest BCUT2D eigenvalue weighted by Crippen LogP contribution is 2.34. The first kappa shape index (κ1) is 33.9. The second-order valence-electron chi connectivity index (χ2n) is 10.4. The van der Waals surface area contributed by atoms with E-state index < -0.39 is 17.1 Å². The van der Waals surface area contributed by atoms with Gasteiger partial charge in [-0.3, -0.25) is 19.2 Å². The summed E-state index contributed by atoms with van der Waals surface area (Å²) in [7, 11) is 0. The molecule has 1 atom stereocenters. The number of rotatable bonds is 11. The zero-order valence-electron chi connectivity index (χ0n) is 25.8. The number of benzene rings is 3. The maximum Gasteiger partial charge on any atom is 0.272 e. The summed E-state index contributed by atoms with van der Waals surface area (Å²) in [6.07, 6.45) is 1.61. The molecule has 1 unspecified atom stereocenters. The minimum atomic E-state index is -0.592. The van der Waals surface area contributed by atoms with E-state index in [9.17, 15) is 24.4 Å². The Morgan fingerprint density at radius 2 is 1.56 bits per heavy atom. The van der Waals surface area contributed by atoms with Crippen LogP contribution in [0.2, 0.25) is 0 Å². The predicted molar refractivity (Wildman–Crippen MR) is 193 cm³/mol. The van der Waals surface area contributed by atoms with Crippen LogP contribution in [0.4, 0.5) is 16.4 Å². The van der Waals surface area contributed by atoms with Crippen LogP contribution in [0.15, 0.2) is 112 Å². The smallest absolute Gasteiger partial charge is 0.272 e. The van der Waals surface area contributed by atoms with E-state index in [1.807, 2.05) is 29.0 Å². The van der Waals surface area contributed by atoms with Gasteiger partial charge >= 0.3 is 0 Å². The van der Waals surface area contributed by atoms with Crippen LogP contribution in [0.1, 0.15) is 43.6 Å². The molecule has 0 spiro atoms. The molecule has 48 heavy (non-hydrogen) atoms. The number of anilines is 3. The lowest BCUT2D eigenvalue weighted by Crippen LogP contribution is -2.30. The number of nitriles is 1. The lowest BCUT2D eigenvalue weighted by molar-refractivity contribution is -0.115. The van der Waals surface area contributed by atoms with E-state index in [0.717, 1.165) is 16.9 Å². The number of nitrogens with zero attached hydrogens (tertiary/aromatic N) is 1. The number of nitrogens with one attached hydrogen (secondary N) is 4. The number of carbonyl (C=O) groups excluding carboxylic acids is 4. The Balaban J connectivity index is 1.25.